The highest BCUT2D eigenvalue weighted by Gasteiger charge is 2.31. The van der Waals surface area contributed by atoms with Crippen LogP contribution in [0.4, 0.5) is 5.82 Å². The molecule has 0 unspecified atom stereocenters. The van der Waals surface area contributed by atoms with Crippen molar-refractivity contribution in [3.05, 3.63) is 23.9 Å². The van der Waals surface area contributed by atoms with Crippen LogP contribution in [0.3, 0.4) is 0 Å². The molecule has 0 radical (unpaired) electrons. The van der Waals surface area contributed by atoms with Crippen LogP contribution < -0.4 is 5.32 Å². The highest BCUT2D eigenvalue weighted by Crippen LogP contribution is 2.23. The van der Waals surface area contributed by atoms with Gasteiger partial charge >= 0.3 is 0 Å². The van der Waals surface area contributed by atoms with Gasteiger partial charge in [-0.2, -0.15) is 0 Å². The first-order valence-electron chi connectivity index (χ1n) is 9.81. The van der Waals surface area contributed by atoms with Gasteiger partial charge in [0.25, 0.3) is 5.91 Å². The van der Waals surface area contributed by atoms with Crippen molar-refractivity contribution >= 4 is 23.5 Å². The Labute approximate surface area is 160 Å². The van der Waals surface area contributed by atoms with Crippen molar-refractivity contribution in [3.8, 4) is 0 Å². The predicted octanol–water partition coefficient (Wildman–Crippen LogP) is 2.29. The second-order valence-corrected chi connectivity index (χ2v) is 7.64. The van der Waals surface area contributed by atoms with Gasteiger partial charge in [-0.25, -0.2) is 4.98 Å². The fourth-order valence-electron chi connectivity index (χ4n) is 3.68. The first-order valence-corrected chi connectivity index (χ1v) is 9.81. The summed E-state index contributed by atoms with van der Waals surface area (Å²) in [6.07, 6.45) is 5.90. The molecule has 146 valence electrons. The molecule has 2 aliphatic heterocycles. The van der Waals surface area contributed by atoms with Gasteiger partial charge in [-0.3, -0.25) is 14.4 Å². The lowest BCUT2D eigenvalue weighted by Gasteiger charge is -2.40. The number of nitrogens with zero attached hydrogens (tertiary/aromatic N) is 3. The number of amides is 3. The first-order chi connectivity index (χ1) is 13.0. The molecule has 0 aromatic carbocycles. The Bertz CT molecular complexity index is 711. The van der Waals surface area contributed by atoms with E-state index in [1.807, 2.05) is 23.6 Å². The van der Waals surface area contributed by atoms with Crippen molar-refractivity contribution in [1.29, 1.82) is 0 Å². The quantitative estimate of drug-likeness (QED) is 0.879. The number of hydrogen-bond acceptors (Lipinski definition) is 4. The molecule has 27 heavy (non-hydrogen) atoms. The number of likely N-dealkylation sites (tertiary alicyclic amines) is 2. The number of hydrogen-bond donors (Lipinski definition) is 1. The highest BCUT2D eigenvalue weighted by molar-refractivity contribution is 5.96. The number of nitrogens with one attached hydrogen (secondary N) is 1. The molecule has 0 saturated carbocycles. The normalized spacial score (nSPS) is 18.7. The molecule has 2 saturated heterocycles. The van der Waals surface area contributed by atoms with E-state index in [-0.39, 0.29) is 29.7 Å². The predicted molar refractivity (Wildman–Crippen MR) is 102 cm³/mol. The summed E-state index contributed by atoms with van der Waals surface area (Å²) in [5.41, 5.74) is 0.525. The Balaban J connectivity index is 1.59. The topological polar surface area (TPSA) is 82.6 Å². The van der Waals surface area contributed by atoms with E-state index in [1.165, 1.54) is 0 Å². The molecular formula is C20H28N4O3. The highest BCUT2D eigenvalue weighted by atomic mass is 16.2. The van der Waals surface area contributed by atoms with Gasteiger partial charge in [0.2, 0.25) is 11.8 Å². The molecule has 0 spiro atoms. The monoisotopic (exact) mass is 372 g/mol. The molecule has 2 aliphatic rings. The fraction of sp³-hybridized carbons (Fsp3) is 0.600. The van der Waals surface area contributed by atoms with E-state index in [9.17, 15) is 14.4 Å². The molecule has 0 atom stereocenters. The Morgan fingerprint density at radius 2 is 1.93 bits per heavy atom. The number of carbonyl (C=O) groups excluding carboxylic acids is 3. The van der Waals surface area contributed by atoms with Gasteiger partial charge in [0.1, 0.15) is 5.82 Å². The molecule has 0 aliphatic carbocycles. The van der Waals surface area contributed by atoms with Gasteiger partial charge in [-0.15, -0.1) is 0 Å². The molecule has 1 aromatic heterocycles. The Kier molecular flexibility index (Phi) is 6.08. The molecule has 3 heterocycles. The maximum atomic E-state index is 12.8. The summed E-state index contributed by atoms with van der Waals surface area (Å²) in [7, 11) is 0. The summed E-state index contributed by atoms with van der Waals surface area (Å²) in [4.78, 5) is 44.7. The van der Waals surface area contributed by atoms with Crippen LogP contribution in [0.2, 0.25) is 0 Å². The lowest BCUT2D eigenvalue weighted by Crippen LogP contribution is -2.50. The third-order valence-corrected chi connectivity index (χ3v) is 5.34. The fourth-order valence-corrected chi connectivity index (χ4v) is 3.68. The van der Waals surface area contributed by atoms with E-state index in [0.29, 0.717) is 30.9 Å². The van der Waals surface area contributed by atoms with Crippen molar-refractivity contribution in [3.63, 3.8) is 0 Å². The number of carbonyl (C=O) groups is 3. The standard InChI is InChI=1S/C20H28N4O3/c1-14(2)19(26)22-17-13-15(6-9-21-17)20(27)23-11-7-16(8-12-23)24-10-4-3-5-18(24)25/h6,9,13-14,16H,3-5,7-8,10-12H2,1-2H3,(H,21,22,26). The largest absolute Gasteiger partial charge is 0.340 e. The van der Waals surface area contributed by atoms with Crippen LogP contribution in [-0.2, 0) is 9.59 Å². The molecule has 3 rings (SSSR count). The molecule has 2 fully saturated rings. The molecule has 7 nitrogen and oxygen atoms in total. The second kappa shape index (κ2) is 8.50. The van der Waals surface area contributed by atoms with Gasteiger partial charge < -0.3 is 15.1 Å². The number of piperidine rings is 2. The van der Waals surface area contributed by atoms with E-state index < -0.39 is 0 Å². The second-order valence-electron chi connectivity index (χ2n) is 7.64. The lowest BCUT2D eigenvalue weighted by molar-refractivity contribution is -0.136. The summed E-state index contributed by atoms with van der Waals surface area (Å²) in [6.45, 7) is 5.75. The Morgan fingerprint density at radius 1 is 1.19 bits per heavy atom. The van der Waals surface area contributed by atoms with Crippen molar-refractivity contribution in [2.75, 3.05) is 25.0 Å². The maximum absolute atomic E-state index is 12.8. The van der Waals surface area contributed by atoms with Crippen molar-refractivity contribution in [1.82, 2.24) is 14.8 Å². The van der Waals surface area contributed by atoms with Crippen LogP contribution in [0.25, 0.3) is 0 Å². The summed E-state index contributed by atoms with van der Waals surface area (Å²) in [5, 5.41) is 2.73. The van der Waals surface area contributed by atoms with E-state index in [4.69, 9.17) is 0 Å². The minimum Gasteiger partial charge on any atom is -0.340 e. The zero-order valence-corrected chi connectivity index (χ0v) is 16.1. The number of rotatable bonds is 4. The molecule has 3 amide bonds. The van der Waals surface area contributed by atoms with Crippen LogP contribution in [0, 0.1) is 5.92 Å². The van der Waals surface area contributed by atoms with Gasteiger partial charge in [0, 0.05) is 49.8 Å². The van der Waals surface area contributed by atoms with Crippen LogP contribution in [-0.4, -0.2) is 58.2 Å². The van der Waals surface area contributed by atoms with Crippen molar-refractivity contribution in [2.24, 2.45) is 5.92 Å². The summed E-state index contributed by atoms with van der Waals surface area (Å²) in [5.74, 6) is 0.321. The van der Waals surface area contributed by atoms with Crippen LogP contribution in [0.5, 0.6) is 0 Å². The lowest BCUT2D eigenvalue weighted by atomic mass is 9.99. The number of pyridine rings is 1. The van der Waals surface area contributed by atoms with E-state index in [0.717, 1.165) is 32.2 Å². The van der Waals surface area contributed by atoms with Crippen molar-refractivity contribution in [2.45, 2.75) is 52.0 Å². The Morgan fingerprint density at radius 3 is 2.59 bits per heavy atom. The minimum absolute atomic E-state index is 0.0548. The zero-order valence-electron chi connectivity index (χ0n) is 16.1. The summed E-state index contributed by atoms with van der Waals surface area (Å²) in [6, 6.07) is 3.55. The van der Waals surface area contributed by atoms with Crippen LogP contribution >= 0.6 is 0 Å². The molecular weight excluding hydrogens is 344 g/mol. The average molecular weight is 372 g/mol. The van der Waals surface area contributed by atoms with E-state index >= 15 is 0 Å². The third-order valence-electron chi connectivity index (χ3n) is 5.34. The minimum atomic E-state index is -0.150. The SMILES string of the molecule is CC(C)C(=O)Nc1cc(C(=O)N2CCC(N3CCCCC3=O)CC2)ccn1. The molecule has 1 N–H and O–H groups in total. The summed E-state index contributed by atoms with van der Waals surface area (Å²) >= 11 is 0. The maximum Gasteiger partial charge on any atom is 0.254 e. The Hall–Kier alpha value is -2.44. The first kappa shape index (κ1) is 19.3. The number of anilines is 1. The molecule has 7 heteroatoms. The average Bonchev–Trinajstić information content (AvgIpc) is 2.68. The van der Waals surface area contributed by atoms with Crippen LogP contribution in [0.1, 0.15) is 56.3 Å². The van der Waals surface area contributed by atoms with Gasteiger partial charge in [-0.1, -0.05) is 13.8 Å². The molecule has 0 bridgehead atoms. The van der Waals surface area contributed by atoms with Gasteiger partial charge in [-0.05, 0) is 37.8 Å². The van der Waals surface area contributed by atoms with Crippen LogP contribution in [0.15, 0.2) is 18.3 Å². The molecule has 1 aromatic rings. The van der Waals surface area contributed by atoms with Crippen molar-refractivity contribution < 1.29 is 14.4 Å². The third kappa shape index (κ3) is 4.64. The van der Waals surface area contributed by atoms with Gasteiger partial charge in [0.15, 0.2) is 0 Å². The zero-order chi connectivity index (χ0) is 19.4. The van der Waals surface area contributed by atoms with E-state index in [1.54, 1.807) is 18.3 Å². The number of aromatic nitrogens is 1. The van der Waals surface area contributed by atoms with Gasteiger partial charge in [0.05, 0.1) is 0 Å². The summed E-state index contributed by atoms with van der Waals surface area (Å²) < 4.78 is 0. The smallest absolute Gasteiger partial charge is 0.254 e. The van der Waals surface area contributed by atoms with E-state index in [2.05, 4.69) is 10.3 Å².